The number of benzene rings is 1. The molecule has 2 aliphatic rings. The van der Waals surface area contributed by atoms with E-state index >= 15 is 0 Å². The monoisotopic (exact) mass is 355 g/mol. The van der Waals surface area contributed by atoms with Crippen LogP contribution in [-0.2, 0) is 24.9 Å². The molecule has 6 nitrogen and oxygen atoms in total. The average molecular weight is 355 g/mol. The van der Waals surface area contributed by atoms with Crippen LogP contribution in [0.15, 0.2) is 18.2 Å². The van der Waals surface area contributed by atoms with Crippen molar-refractivity contribution in [2.45, 2.75) is 24.9 Å². The molecule has 1 unspecified atom stereocenters. The third-order valence-electron chi connectivity index (χ3n) is 4.49. The van der Waals surface area contributed by atoms with Crippen molar-refractivity contribution in [3.05, 3.63) is 29.6 Å². The predicted octanol–water partition coefficient (Wildman–Crippen LogP) is 1.69. The second-order valence-electron chi connectivity index (χ2n) is 5.88. The number of nitrogens with zero attached hydrogens (tertiary/aromatic N) is 1. The van der Waals surface area contributed by atoms with Crippen LogP contribution in [0.2, 0.25) is 0 Å². The Labute approximate surface area is 142 Å². The number of nitrogens with two attached hydrogens (primary N) is 1. The van der Waals surface area contributed by atoms with Gasteiger partial charge >= 0.3 is 6.09 Å². The Bertz CT molecular complexity index is 649. The quantitative estimate of drug-likeness (QED) is 0.834. The number of carbonyl (C=O) groups is 2. The van der Waals surface area contributed by atoms with E-state index in [1.165, 1.54) is 11.0 Å². The zero-order chi connectivity index (χ0) is 17.3. The van der Waals surface area contributed by atoms with E-state index in [9.17, 15) is 14.0 Å². The van der Waals surface area contributed by atoms with Crippen molar-refractivity contribution in [2.75, 3.05) is 30.1 Å². The SMILES string of the molecule is CO[S+]1CCC(c2ccc(N3CC(C(N)=O)OC3=O)cc2F)CC1. The number of halogens is 1. The Morgan fingerprint density at radius 1 is 1.42 bits per heavy atom. The van der Waals surface area contributed by atoms with Gasteiger partial charge in [-0.1, -0.05) is 6.07 Å². The summed E-state index contributed by atoms with van der Waals surface area (Å²) in [5.41, 5.74) is 6.18. The van der Waals surface area contributed by atoms with E-state index < -0.39 is 18.1 Å². The largest absolute Gasteiger partial charge is 0.434 e. The van der Waals surface area contributed by atoms with Gasteiger partial charge in [0.2, 0.25) is 0 Å². The van der Waals surface area contributed by atoms with Crippen LogP contribution in [0.4, 0.5) is 14.9 Å². The highest BCUT2D eigenvalue weighted by atomic mass is 32.2. The van der Waals surface area contributed by atoms with Gasteiger partial charge in [0.05, 0.1) is 19.3 Å². The molecule has 2 aliphatic heterocycles. The molecule has 2 fully saturated rings. The lowest BCUT2D eigenvalue weighted by molar-refractivity contribution is -0.124. The lowest BCUT2D eigenvalue weighted by Gasteiger charge is -2.22. The molecule has 2 heterocycles. The summed E-state index contributed by atoms with van der Waals surface area (Å²) in [7, 11) is 1.72. The lowest BCUT2D eigenvalue weighted by Crippen LogP contribution is -2.32. The molecule has 0 bridgehead atoms. The molecule has 1 aromatic rings. The van der Waals surface area contributed by atoms with Gasteiger partial charge in [-0.05, 0) is 23.6 Å². The smallest absolute Gasteiger partial charge is 0.415 e. The first kappa shape index (κ1) is 17.0. The molecule has 2 saturated heterocycles. The number of hydrogen-bond donors (Lipinski definition) is 1. The number of amides is 2. The van der Waals surface area contributed by atoms with Crippen LogP contribution < -0.4 is 10.6 Å². The molecule has 130 valence electrons. The fourth-order valence-corrected chi connectivity index (χ4v) is 4.74. The standard InChI is InChI=1S/C16H19FN2O4S/c1-22-24-6-4-10(5-7-24)12-3-2-11(8-13(12)17)19-9-14(15(18)20)23-16(19)21/h2-3,8,10,14H,4-7,9H2,1H3,(H-,18,20)/p+1. The summed E-state index contributed by atoms with van der Waals surface area (Å²) in [5.74, 6) is 1.01. The van der Waals surface area contributed by atoms with E-state index in [1.54, 1.807) is 19.2 Å². The Kier molecular flexibility index (Phi) is 4.96. The van der Waals surface area contributed by atoms with Gasteiger partial charge in [0.15, 0.2) is 6.10 Å². The summed E-state index contributed by atoms with van der Waals surface area (Å²) < 4.78 is 24.8. The Morgan fingerprint density at radius 2 is 2.12 bits per heavy atom. The van der Waals surface area contributed by atoms with Crippen LogP contribution in [0.1, 0.15) is 24.3 Å². The zero-order valence-electron chi connectivity index (χ0n) is 13.4. The number of ether oxygens (including phenoxy) is 1. The van der Waals surface area contributed by atoms with E-state index in [-0.39, 0.29) is 29.5 Å². The number of hydrogen-bond acceptors (Lipinski definition) is 4. The molecule has 2 amide bonds. The van der Waals surface area contributed by atoms with Crippen molar-refractivity contribution < 1.29 is 22.9 Å². The van der Waals surface area contributed by atoms with E-state index in [1.807, 2.05) is 0 Å². The van der Waals surface area contributed by atoms with Crippen LogP contribution >= 0.6 is 0 Å². The van der Waals surface area contributed by atoms with Gasteiger partial charge < -0.3 is 10.5 Å². The minimum atomic E-state index is -0.995. The number of primary amides is 1. The van der Waals surface area contributed by atoms with E-state index in [2.05, 4.69) is 0 Å². The summed E-state index contributed by atoms with van der Waals surface area (Å²) in [5, 5.41) is 0. The van der Waals surface area contributed by atoms with Crippen LogP contribution in [0, 0.1) is 5.82 Å². The maximum absolute atomic E-state index is 14.6. The maximum Gasteiger partial charge on any atom is 0.415 e. The van der Waals surface area contributed by atoms with Crippen LogP contribution in [0.3, 0.4) is 0 Å². The highest BCUT2D eigenvalue weighted by molar-refractivity contribution is 7.92. The Hall–Kier alpha value is -1.80. The number of carbonyl (C=O) groups excluding carboxylic acids is 2. The third-order valence-corrected chi connectivity index (χ3v) is 6.34. The number of rotatable bonds is 4. The van der Waals surface area contributed by atoms with Gasteiger partial charge in [-0.15, -0.1) is 0 Å². The minimum absolute atomic E-state index is 0.00697. The van der Waals surface area contributed by atoms with Gasteiger partial charge in [0, 0.05) is 12.8 Å². The lowest BCUT2D eigenvalue weighted by atomic mass is 9.93. The zero-order valence-corrected chi connectivity index (χ0v) is 14.2. The summed E-state index contributed by atoms with van der Waals surface area (Å²) in [4.78, 5) is 24.2. The first-order valence-electron chi connectivity index (χ1n) is 7.78. The molecule has 1 atom stereocenters. The first-order valence-corrected chi connectivity index (χ1v) is 9.27. The van der Waals surface area contributed by atoms with Crippen molar-refractivity contribution in [3.8, 4) is 0 Å². The second-order valence-corrected chi connectivity index (χ2v) is 7.91. The molecular weight excluding hydrogens is 335 g/mol. The van der Waals surface area contributed by atoms with Gasteiger partial charge in [0.1, 0.15) is 28.5 Å². The van der Waals surface area contributed by atoms with Crippen molar-refractivity contribution in [1.29, 1.82) is 0 Å². The predicted molar refractivity (Wildman–Crippen MR) is 89.3 cm³/mol. The highest BCUT2D eigenvalue weighted by Crippen LogP contribution is 2.34. The van der Waals surface area contributed by atoms with Crippen LogP contribution in [0.5, 0.6) is 0 Å². The summed E-state index contributed by atoms with van der Waals surface area (Å²) in [6.07, 6.45) is 0.101. The normalized spacial score (nSPS) is 27.2. The first-order chi connectivity index (χ1) is 11.5. The van der Waals surface area contributed by atoms with E-state index in [0.29, 0.717) is 11.3 Å². The third kappa shape index (κ3) is 3.34. The van der Waals surface area contributed by atoms with Crippen molar-refractivity contribution >= 4 is 28.9 Å². The molecule has 0 spiro atoms. The average Bonchev–Trinajstić information content (AvgIpc) is 2.97. The summed E-state index contributed by atoms with van der Waals surface area (Å²) in [6.45, 7) is 0.00697. The van der Waals surface area contributed by atoms with Crippen LogP contribution in [0.25, 0.3) is 0 Å². The van der Waals surface area contributed by atoms with Gasteiger partial charge in [-0.2, -0.15) is 4.18 Å². The number of anilines is 1. The molecule has 1 aromatic carbocycles. The van der Waals surface area contributed by atoms with Gasteiger partial charge in [-0.3, -0.25) is 9.69 Å². The molecule has 8 heteroatoms. The maximum atomic E-state index is 14.6. The molecule has 3 rings (SSSR count). The highest BCUT2D eigenvalue weighted by Gasteiger charge is 2.36. The second kappa shape index (κ2) is 6.98. The number of cyclic esters (lactones) is 1. The Balaban J connectivity index is 1.74. The van der Waals surface area contributed by atoms with Gasteiger partial charge in [0.25, 0.3) is 5.91 Å². The van der Waals surface area contributed by atoms with Gasteiger partial charge in [-0.25, -0.2) is 9.18 Å². The minimum Gasteiger partial charge on any atom is -0.434 e. The summed E-state index contributed by atoms with van der Waals surface area (Å²) in [6, 6.07) is 4.73. The molecular formula is C16H20FN2O4S+. The fourth-order valence-electron chi connectivity index (χ4n) is 3.11. The molecule has 0 aliphatic carbocycles. The van der Waals surface area contributed by atoms with E-state index in [0.717, 1.165) is 24.3 Å². The molecule has 0 radical (unpaired) electrons. The van der Waals surface area contributed by atoms with Crippen molar-refractivity contribution in [1.82, 2.24) is 0 Å². The summed E-state index contributed by atoms with van der Waals surface area (Å²) >= 11 is -0.00797. The van der Waals surface area contributed by atoms with Crippen molar-refractivity contribution in [2.24, 2.45) is 5.73 Å². The van der Waals surface area contributed by atoms with Crippen LogP contribution in [-0.4, -0.2) is 43.3 Å². The Morgan fingerprint density at radius 3 is 2.67 bits per heavy atom. The van der Waals surface area contributed by atoms with E-state index in [4.69, 9.17) is 14.7 Å². The molecule has 2 N–H and O–H groups in total. The molecule has 24 heavy (non-hydrogen) atoms. The fraction of sp³-hybridized carbons (Fsp3) is 0.500. The molecule has 0 saturated carbocycles. The topological polar surface area (TPSA) is 81.9 Å². The molecule has 0 aromatic heterocycles. The van der Waals surface area contributed by atoms with Crippen molar-refractivity contribution in [3.63, 3.8) is 0 Å².